The molecule has 1 N–H and O–H groups in total. The lowest BCUT2D eigenvalue weighted by molar-refractivity contribution is 0.233. The van der Waals surface area contributed by atoms with E-state index in [9.17, 15) is 4.39 Å². The van der Waals surface area contributed by atoms with Crippen molar-refractivity contribution in [3.8, 4) is 11.1 Å². The van der Waals surface area contributed by atoms with Crippen LogP contribution in [0, 0.1) is 5.82 Å². The van der Waals surface area contributed by atoms with Crippen LogP contribution in [0.3, 0.4) is 0 Å². The van der Waals surface area contributed by atoms with Crippen molar-refractivity contribution in [3.05, 3.63) is 59.9 Å². The summed E-state index contributed by atoms with van der Waals surface area (Å²) in [7, 11) is 0. The molecule has 0 atom stereocenters. The van der Waals surface area contributed by atoms with Gasteiger partial charge in [-0.2, -0.15) is 0 Å². The molecule has 3 rings (SSSR count). The first kappa shape index (κ1) is 13.3. The van der Waals surface area contributed by atoms with Crippen LogP contribution in [-0.4, -0.2) is 31.1 Å². The van der Waals surface area contributed by atoms with E-state index in [4.69, 9.17) is 0 Å². The molecule has 3 heteroatoms. The summed E-state index contributed by atoms with van der Waals surface area (Å²) in [6.07, 6.45) is 0. The summed E-state index contributed by atoms with van der Waals surface area (Å²) in [6.45, 7) is 5.03. The summed E-state index contributed by atoms with van der Waals surface area (Å²) in [6, 6.07) is 15.1. The second-order valence-electron chi connectivity index (χ2n) is 5.16. The number of nitrogens with one attached hydrogen (secondary N) is 1. The first-order chi connectivity index (χ1) is 9.84. The molecule has 20 heavy (non-hydrogen) atoms. The van der Waals surface area contributed by atoms with Crippen LogP contribution in [0.25, 0.3) is 11.1 Å². The molecule has 0 aromatic heterocycles. The van der Waals surface area contributed by atoms with Crippen molar-refractivity contribution in [2.45, 2.75) is 6.54 Å². The molecule has 1 aliphatic heterocycles. The Hall–Kier alpha value is -1.71. The second-order valence-corrected chi connectivity index (χ2v) is 5.16. The van der Waals surface area contributed by atoms with E-state index in [0.717, 1.165) is 38.3 Å². The molecule has 104 valence electrons. The van der Waals surface area contributed by atoms with Gasteiger partial charge in [-0.1, -0.05) is 42.5 Å². The van der Waals surface area contributed by atoms with Crippen LogP contribution in [0.2, 0.25) is 0 Å². The molecule has 2 nitrogen and oxygen atoms in total. The molecule has 1 saturated heterocycles. The zero-order valence-electron chi connectivity index (χ0n) is 11.5. The fourth-order valence-corrected chi connectivity index (χ4v) is 2.71. The van der Waals surface area contributed by atoms with Gasteiger partial charge in [-0.25, -0.2) is 4.39 Å². The van der Waals surface area contributed by atoms with E-state index in [2.05, 4.69) is 16.3 Å². The zero-order chi connectivity index (χ0) is 13.8. The smallest absolute Gasteiger partial charge is 0.131 e. The van der Waals surface area contributed by atoms with E-state index in [0.29, 0.717) is 5.56 Å². The molecular weight excluding hydrogens is 251 g/mol. The molecule has 0 amide bonds. The minimum atomic E-state index is -0.153. The summed E-state index contributed by atoms with van der Waals surface area (Å²) < 4.78 is 14.0. The van der Waals surface area contributed by atoms with E-state index in [-0.39, 0.29) is 5.82 Å². The average molecular weight is 270 g/mol. The molecule has 1 fully saturated rings. The van der Waals surface area contributed by atoms with E-state index < -0.39 is 0 Å². The first-order valence-electron chi connectivity index (χ1n) is 7.10. The lowest BCUT2D eigenvalue weighted by atomic mass is 9.99. The predicted octanol–water partition coefficient (Wildman–Crippen LogP) is 2.90. The Morgan fingerprint density at radius 3 is 2.30 bits per heavy atom. The van der Waals surface area contributed by atoms with Crippen LogP contribution in [-0.2, 0) is 6.54 Å². The van der Waals surface area contributed by atoms with Crippen LogP contribution in [0.15, 0.2) is 48.5 Å². The quantitative estimate of drug-likeness (QED) is 0.922. The topological polar surface area (TPSA) is 15.3 Å². The molecule has 0 spiro atoms. The minimum absolute atomic E-state index is 0.153. The third-order valence-electron chi connectivity index (χ3n) is 3.78. The van der Waals surface area contributed by atoms with Crippen LogP contribution in [0.1, 0.15) is 5.56 Å². The first-order valence-corrected chi connectivity index (χ1v) is 7.10. The minimum Gasteiger partial charge on any atom is -0.314 e. The standard InChI is InChI=1S/C17H19FN2/c18-17-8-4-3-7-16(17)15-6-2-1-5-14(15)13-20-11-9-19-10-12-20/h1-8,19H,9-13H2. The van der Waals surface area contributed by atoms with Crippen LogP contribution in [0.5, 0.6) is 0 Å². The van der Waals surface area contributed by atoms with Crippen molar-refractivity contribution in [3.63, 3.8) is 0 Å². The Bertz CT molecular complexity index is 577. The number of hydrogen-bond acceptors (Lipinski definition) is 2. The summed E-state index contributed by atoms with van der Waals surface area (Å²) in [5.74, 6) is -0.153. The fraction of sp³-hybridized carbons (Fsp3) is 0.294. The average Bonchev–Trinajstić information content (AvgIpc) is 2.50. The summed E-state index contributed by atoms with van der Waals surface area (Å²) >= 11 is 0. The zero-order valence-corrected chi connectivity index (χ0v) is 11.5. The largest absolute Gasteiger partial charge is 0.314 e. The third kappa shape index (κ3) is 2.89. The molecule has 1 aliphatic rings. The van der Waals surface area contributed by atoms with Gasteiger partial charge < -0.3 is 5.32 Å². The van der Waals surface area contributed by atoms with Crippen LogP contribution >= 0.6 is 0 Å². The van der Waals surface area contributed by atoms with Crippen molar-refractivity contribution in [2.75, 3.05) is 26.2 Å². The molecule has 1 heterocycles. The molecule has 2 aromatic carbocycles. The van der Waals surface area contributed by atoms with Gasteiger partial charge >= 0.3 is 0 Å². The predicted molar refractivity (Wildman–Crippen MR) is 80.0 cm³/mol. The molecule has 0 saturated carbocycles. The van der Waals surface area contributed by atoms with E-state index in [1.54, 1.807) is 6.07 Å². The lowest BCUT2D eigenvalue weighted by Crippen LogP contribution is -2.42. The summed E-state index contributed by atoms with van der Waals surface area (Å²) in [5, 5.41) is 3.35. The van der Waals surface area contributed by atoms with Gasteiger partial charge in [0.1, 0.15) is 5.82 Å². The molecule has 0 radical (unpaired) electrons. The number of nitrogens with zero attached hydrogens (tertiary/aromatic N) is 1. The van der Waals surface area contributed by atoms with Crippen molar-refractivity contribution in [1.29, 1.82) is 0 Å². The Kier molecular flexibility index (Phi) is 4.09. The van der Waals surface area contributed by atoms with Crippen molar-refractivity contribution >= 4 is 0 Å². The number of rotatable bonds is 3. The number of piperazine rings is 1. The maximum atomic E-state index is 14.0. The highest BCUT2D eigenvalue weighted by Crippen LogP contribution is 2.27. The monoisotopic (exact) mass is 270 g/mol. The van der Waals surface area contributed by atoms with Crippen molar-refractivity contribution < 1.29 is 4.39 Å². The molecule has 0 unspecified atom stereocenters. The summed E-state index contributed by atoms with van der Waals surface area (Å²) in [5.41, 5.74) is 2.89. The van der Waals surface area contributed by atoms with E-state index >= 15 is 0 Å². The highest BCUT2D eigenvalue weighted by molar-refractivity contribution is 5.67. The van der Waals surface area contributed by atoms with Gasteiger partial charge in [0.2, 0.25) is 0 Å². The van der Waals surface area contributed by atoms with Crippen LogP contribution < -0.4 is 5.32 Å². The number of hydrogen-bond donors (Lipinski definition) is 1. The van der Waals surface area contributed by atoms with E-state index in [1.165, 1.54) is 11.6 Å². The van der Waals surface area contributed by atoms with Gasteiger partial charge in [-0.15, -0.1) is 0 Å². The van der Waals surface area contributed by atoms with Gasteiger partial charge in [-0.3, -0.25) is 4.90 Å². The van der Waals surface area contributed by atoms with Crippen molar-refractivity contribution in [2.24, 2.45) is 0 Å². The number of halogens is 1. The normalized spacial score (nSPS) is 16.2. The summed E-state index contributed by atoms with van der Waals surface area (Å²) in [4.78, 5) is 2.41. The van der Waals surface area contributed by atoms with Crippen molar-refractivity contribution in [1.82, 2.24) is 10.2 Å². The molecule has 0 bridgehead atoms. The van der Waals surface area contributed by atoms with Gasteiger partial charge in [-0.05, 0) is 17.2 Å². The molecular formula is C17H19FN2. The SMILES string of the molecule is Fc1ccccc1-c1ccccc1CN1CCNCC1. The Labute approximate surface area is 119 Å². The second kappa shape index (κ2) is 6.16. The number of benzene rings is 2. The Morgan fingerprint density at radius 1 is 0.900 bits per heavy atom. The fourth-order valence-electron chi connectivity index (χ4n) is 2.71. The molecule has 0 aliphatic carbocycles. The lowest BCUT2D eigenvalue weighted by Gasteiger charge is -2.28. The van der Waals surface area contributed by atoms with Gasteiger partial charge in [0, 0.05) is 38.3 Å². The van der Waals surface area contributed by atoms with Gasteiger partial charge in [0.05, 0.1) is 0 Å². The maximum Gasteiger partial charge on any atom is 0.131 e. The third-order valence-corrected chi connectivity index (χ3v) is 3.78. The van der Waals surface area contributed by atoms with Crippen LogP contribution in [0.4, 0.5) is 4.39 Å². The van der Waals surface area contributed by atoms with E-state index in [1.807, 2.05) is 30.3 Å². The Morgan fingerprint density at radius 2 is 1.55 bits per heavy atom. The van der Waals surface area contributed by atoms with Gasteiger partial charge in [0.25, 0.3) is 0 Å². The van der Waals surface area contributed by atoms with Gasteiger partial charge in [0.15, 0.2) is 0 Å². The maximum absolute atomic E-state index is 14.0. The molecule has 2 aromatic rings. The highest BCUT2D eigenvalue weighted by Gasteiger charge is 2.14. The Balaban J connectivity index is 1.90. The highest BCUT2D eigenvalue weighted by atomic mass is 19.1.